The van der Waals surface area contributed by atoms with E-state index in [2.05, 4.69) is 198 Å². The average molecular weight is 717 g/mol. The maximum atomic E-state index is 4.94. The molecule has 0 saturated carbocycles. The molecule has 3 heterocycles. The first-order valence-electron chi connectivity index (χ1n) is 19.2. The molecule has 264 valence electrons. The largest absolute Gasteiger partial charge is 0.333 e. The molecule has 2 atom stereocenters. The molecule has 0 spiro atoms. The lowest BCUT2D eigenvalue weighted by atomic mass is 9.86. The second-order valence-electron chi connectivity index (χ2n) is 14.6. The van der Waals surface area contributed by atoms with Crippen LogP contribution in [0.5, 0.6) is 0 Å². The fourth-order valence-electron chi connectivity index (χ4n) is 8.73. The number of benzene rings is 7. The molecule has 7 aromatic carbocycles. The second-order valence-corrected chi connectivity index (χ2v) is 14.6. The van der Waals surface area contributed by atoms with Crippen LogP contribution in [0.3, 0.4) is 0 Å². The van der Waals surface area contributed by atoms with Gasteiger partial charge in [0.2, 0.25) is 5.95 Å². The molecule has 2 unspecified atom stereocenters. The Bertz CT molecular complexity index is 2940. The fraction of sp³-hybridized carbons (Fsp3) is 0.0385. The van der Waals surface area contributed by atoms with Gasteiger partial charge in [-0.05, 0) is 80.9 Å². The van der Waals surface area contributed by atoms with E-state index in [4.69, 9.17) is 9.97 Å². The summed E-state index contributed by atoms with van der Waals surface area (Å²) in [6.07, 6.45) is 11.0. The van der Waals surface area contributed by atoms with E-state index >= 15 is 0 Å². The quantitative estimate of drug-likeness (QED) is 0.172. The highest BCUT2D eigenvalue weighted by molar-refractivity contribution is 6.10. The van der Waals surface area contributed by atoms with Crippen molar-refractivity contribution in [2.24, 2.45) is 0 Å². The summed E-state index contributed by atoms with van der Waals surface area (Å²) in [5, 5.41) is 2.37. The van der Waals surface area contributed by atoms with E-state index < -0.39 is 0 Å². The monoisotopic (exact) mass is 716 g/mol. The Morgan fingerprint density at radius 3 is 1.71 bits per heavy atom. The molecule has 0 fully saturated rings. The van der Waals surface area contributed by atoms with Crippen LogP contribution in [0, 0.1) is 0 Å². The molecule has 2 aliphatic rings. The first kappa shape index (κ1) is 32.2. The minimum Gasteiger partial charge on any atom is -0.333 e. The average Bonchev–Trinajstić information content (AvgIpc) is 3.79. The van der Waals surface area contributed by atoms with Gasteiger partial charge in [-0.2, -0.15) is 0 Å². The summed E-state index contributed by atoms with van der Waals surface area (Å²) in [7, 11) is 0. The van der Waals surface area contributed by atoms with Crippen LogP contribution in [0.4, 0.5) is 11.4 Å². The van der Waals surface area contributed by atoms with E-state index in [9.17, 15) is 0 Å². The van der Waals surface area contributed by atoms with Crippen LogP contribution in [0.15, 0.2) is 207 Å². The highest BCUT2D eigenvalue weighted by atomic mass is 15.2. The smallest absolute Gasteiger partial charge is 0.234 e. The Hall–Kier alpha value is -7.30. The third-order valence-electron chi connectivity index (χ3n) is 11.5. The Kier molecular flexibility index (Phi) is 7.59. The van der Waals surface area contributed by atoms with Crippen molar-refractivity contribution in [3.05, 3.63) is 218 Å². The molecule has 1 aliphatic heterocycles. The van der Waals surface area contributed by atoms with E-state index in [1.54, 1.807) is 0 Å². The van der Waals surface area contributed by atoms with Crippen LogP contribution in [-0.2, 0) is 0 Å². The highest BCUT2D eigenvalue weighted by Gasteiger charge is 2.38. The number of para-hydroxylation sites is 3. The standard InChI is InChI=1S/C52H36N4/c1-3-11-35(12-4-1)36-19-21-37(22-20-36)38-23-25-39(26-24-38)42-33-53-52(54-34-42)56-49-18-10-8-16-45(49)47-32-41(28-30-51(47)56)40-27-29-50-46(31-40)44-15-7-9-17-48(44)55(50)43-13-5-2-6-14-43/h1-34,46,50H. The van der Waals surface area contributed by atoms with Crippen molar-refractivity contribution >= 4 is 38.8 Å². The van der Waals surface area contributed by atoms with Gasteiger partial charge >= 0.3 is 0 Å². The van der Waals surface area contributed by atoms with Crippen molar-refractivity contribution in [2.75, 3.05) is 4.90 Å². The fourth-order valence-corrected chi connectivity index (χ4v) is 8.73. The molecule has 0 bridgehead atoms. The first-order valence-corrected chi connectivity index (χ1v) is 19.2. The molecular weight excluding hydrogens is 681 g/mol. The number of aromatic nitrogens is 3. The topological polar surface area (TPSA) is 34.0 Å². The van der Waals surface area contributed by atoms with Crippen molar-refractivity contribution < 1.29 is 0 Å². The van der Waals surface area contributed by atoms with Crippen molar-refractivity contribution in [1.29, 1.82) is 0 Å². The SMILES string of the molecule is C1=CC2C(C=C1c1ccc3c(c1)c1ccccc1n3-c1ncc(-c3ccc(-c4ccc(-c5ccccc5)cc4)cc3)cn1)c1ccccc1N2c1ccccc1. The molecule has 4 heteroatoms. The number of anilines is 2. The van der Waals surface area contributed by atoms with Gasteiger partial charge in [0.05, 0.1) is 17.1 Å². The molecule has 0 saturated heterocycles. The van der Waals surface area contributed by atoms with Crippen LogP contribution < -0.4 is 4.90 Å². The summed E-state index contributed by atoms with van der Waals surface area (Å²) in [6.45, 7) is 0. The molecule has 11 rings (SSSR count). The zero-order valence-corrected chi connectivity index (χ0v) is 30.6. The minimum absolute atomic E-state index is 0.236. The zero-order chi connectivity index (χ0) is 37.0. The minimum atomic E-state index is 0.236. The Labute approximate surface area is 326 Å². The van der Waals surface area contributed by atoms with Gasteiger partial charge < -0.3 is 4.90 Å². The van der Waals surface area contributed by atoms with Gasteiger partial charge in [-0.25, -0.2) is 9.97 Å². The maximum absolute atomic E-state index is 4.94. The maximum Gasteiger partial charge on any atom is 0.234 e. The Morgan fingerprint density at radius 2 is 1.00 bits per heavy atom. The molecule has 0 radical (unpaired) electrons. The van der Waals surface area contributed by atoms with E-state index in [1.165, 1.54) is 61.1 Å². The number of fused-ring (bicyclic) bond motifs is 6. The first-order chi connectivity index (χ1) is 27.8. The molecule has 2 aromatic heterocycles. The molecular formula is C52H36N4. The number of hydrogen-bond acceptors (Lipinski definition) is 3. The highest BCUT2D eigenvalue weighted by Crippen LogP contribution is 2.49. The van der Waals surface area contributed by atoms with Gasteiger partial charge in [0, 0.05) is 46.0 Å². The van der Waals surface area contributed by atoms with Crippen LogP contribution in [0.1, 0.15) is 17.0 Å². The summed E-state index contributed by atoms with van der Waals surface area (Å²) >= 11 is 0. The van der Waals surface area contributed by atoms with Crippen molar-refractivity contribution in [3.63, 3.8) is 0 Å². The Morgan fingerprint density at radius 1 is 0.446 bits per heavy atom. The summed E-state index contributed by atoms with van der Waals surface area (Å²) in [5.74, 6) is 0.920. The summed E-state index contributed by atoms with van der Waals surface area (Å²) in [6, 6.07) is 63.1. The lowest BCUT2D eigenvalue weighted by Gasteiger charge is -2.29. The van der Waals surface area contributed by atoms with Gasteiger partial charge in [-0.3, -0.25) is 4.57 Å². The number of hydrogen-bond donors (Lipinski definition) is 0. The summed E-state index contributed by atoms with van der Waals surface area (Å²) in [5.41, 5.74) is 15.4. The van der Waals surface area contributed by atoms with E-state index in [-0.39, 0.29) is 12.0 Å². The van der Waals surface area contributed by atoms with Gasteiger partial charge in [-0.15, -0.1) is 0 Å². The number of allylic oxidation sites excluding steroid dienone is 2. The molecule has 56 heavy (non-hydrogen) atoms. The van der Waals surface area contributed by atoms with E-state index in [1.807, 2.05) is 18.5 Å². The molecule has 0 amide bonds. The third kappa shape index (κ3) is 5.38. The van der Waals surface area contributed by atoms with Crippen molar-refractivity contribution in [1.82, 2.24) is 14.5 Å². The van der Waals surface area contributed by atoms with E-state index in [0.717, 1.165) is 22.2 Å². The normalized spacial score (nSPS) is 15.9. The molecule has 9 aromatic rings. The van der Waals surface area contributed by atoms with E-state index in [0.29, 0.717) is 5.95 Å². The van der Waals surface area contributed by atoms with Crippen LogP contribution in [0.25, 0.3) is 66.7 Å². The van der Waals surface area contributed by atoms with Crippen LogP contribution in [-0.4, -0.2) is 20.6 Å². The molecule has 4 nitrogen and oxygen atoms in total. The molecule has 0 N–H and O–H groups in total. The molecule has 1 aliphatic carbocycles. The summed E-state index contributed by atoms with van der Waals surface area (Å²) in [4.78, 5) is 12.4. The lowest BCUT2D eigenvalue weighted by molar-refractivity contribution is 0.747. The van der Waals surface area contributed by atoms with Gasteiger partial charge in [-0.1, -0.05) is 158 Å². The van der Waals surface area contributed by atoms with Gasteiger partial charge in [0.1, 0.15) is 0 Å². The van der Waals surface area contributed by atoms with Gasteiger partial charge in [0.25, 0.3) is 0 Å². The third-order valence-corrected chi connectivity index (χ3v) is 11.5. The van der Waals surface area contributed by atoms with Gasteiger partial charge in [0.15, 0.2) is 0 Å². The summed E-state index contributed by atoms with van der Waals surface area (Å²) < 4.78 is 2.19. The number of nitrogens with zero attached hydrogens (tertiary/aromatic N) is 4. The van der Waals surface area contributed by atoms with Crippen molar-refractivity contribution in [3.8, 4) is 39.3 Å². The van der Waals surface area contributed by atoms with Crippen LogP contribution in [0.2, 0.25) is 0 Å². The van der Waals surface area contributed by atoms with Crippen molar-refractivity contribution in [2.45, 2.75) is 12.0 Å². The Balaban J connectivity index is 0.893. The predicted octanol–water partition coefficient (Wildman–Crippen LogP) is 12.8. The number of rotatable bonds is 6. The lowest BCUT2D eigenvalue weighted by Crippen LogP contribution is -2.28. The zero-order valence-electron chi connectivity index (χ0n) is 30.6. The van der Waals surface area contributed by atoms with Crippen LogP contribution >= 0.6 is 0 Å². The second kappa shape index (κ2) is 13.2. The predicted molar refractivity (Wildman–Crippen MR) is 231 cm³/mol.